The van der Waals surface area contributed by atoms with Gasteiger partial charge in [0.15, 0.2) is 6.29 Å². The number of rotatable bonds is 5. The van der Waals surface area contributed by atoms with E-state index in [0.29, 0.717) is 6.61 Å². The van der Waals surface area contributed by atoms with Gasteiger partial charge in [-0.15, -0.1) is 0 Å². The van der Waals surface area contributed by atoms with E-state index in [2.05, 4.69) is 6.92 Å². The molecule has 0 bridgehead atoms. The molecule has 2 heteroatoms. The molecule has 1 radical (unpaired) electrons. The Bertz CT molecular complexity index is 50.9. The number of methoxy groups -OCH3 is 1. The summed E-state index contributed by atoms with van der Waals surface area (Å²) in [4.78, 5) is 0. The largest absolute Gasteiger partial charge is 0.356 e. The molecule has 0 heterocycles. The molecular formula is C7H15O2. The van der Waals surface area contributed by atoms with Crippen molar-refractivity contribution < 1.29 is 9.47 Å². The van der Waals surface area contributed by atoms with E-state index in [1.54, 1.807) is 7.11 Å². The lowest BCUT2D eigenvalue weighted by atomic mass is 10.4. The first-order valence-corrected chi connectivity index (χ1v) is 3.28. The van der Waals surface area contributed by atoms with E-state index in [1.165, 1.54) is 0 Å². The highest BCUT2D eigenvalue weighted by Crippen LogP contribution is 1.97. The van der Waals surface area contributed by atoms with Crippen LogP contribution >= 0.6 is 0 Å². The van der Waals surface area contributed by atoms with Crippen molar-refractivity contribution in [2.24, 2.45) is 0 Å². The first-order valence-electron chi connectivity index (χ1n) is 3.28. The minimum Gasteiger partial charge on any atom is -0.356 e. The topological polar surface area (TPSA) is 18.5 Å². The van der Waals surface area contributed by atoms with Gasteiger partial charge < -0.3 is 9.47 Å². The van der Waals surface area contributed by atoms with Crippen LogP contribution in [0.5, 0.6) is 0 Å². The van der Waals surface area contributed by atoms with E-state index in [4.69, 9.17) is 9.47 Å². The highest BCUT2D eigenvalue weighted by atomic mass is 16.7. The van der Waals surface area contributed by atoms with Crippen LogP contribution < -0.4 is 0 Å². The van der Waals surface area contributed by atoms with Gasteiger partial charge in [0.25, 0.3) is 0 Å². The van der Waals surface area contributed by atoms with Crippen LogP contribution in [0.3, 0.4) is 0 Å². The molecule has 0 fully saturated rings. The predicted molar refractivity (Wildman–Crippen MR) is 37.0 cm³/mol. The van der Waals surface area contributed by atoms with Crippen molar-refractivity contribution in [3.63, 3.8) is 0 Å². The molecule has 1 unspecified atom stereocenters. The van der Waals surface area contributed by atoms with Crippen molar-refractivity contribution in [1.29, 1.82) is 0 Å². The van der Waals surface area contributed by atoms with Gasteiger partial charge in [-0.05, 0) is 12.8 Å². The standard InChI is InChI=1S/C7H15O2/c1-4-6-9-7(5-2)8-3/h7H,1,4-6H2,2-3H3. The van der Waals surface area contributed by atoms with Crippen molar-refractivity contribution in [2.45, 2.75) is 26.1 Å². The van der Waals surface area contributed by atoms with Gasteiger partial charge >= 0.3 is 0 Å². The summed E-state index contributed by atoms with van der Waals surface area (Å²) in [7, 11) is 1.65. The van der Waals surface area contributed by atoms with Crippen molar-refractivity contribution >= 4 is 0 Å². The Hall–Kier alpha value is -0.0800. The van der Waals surface area contributed by atoms with Gasteiger partial charge in [0.05, 0.1) is 0 Å². The lowest BCUT2D eigenvalue weighted by molar-refractivity contribution is -0.123. The molecule has 0 aliphatic carbocycles. The summed E-state index contributed by atoms with van der Waals surface area (Å²) in [6.07, 6.45) is 1.67. The molecule has 0 N–H and O–H groups in total. The Morgan fingerprint density at radius 3 is 2.56 bits per heavy atom. The summed E-state index contributed by atoms with van der Waals surface area (Å²) in [5, 5.41) is 0. The van der Waals surface area contributed by atoms with Crippen LogP contribution in [0.15, 0.2) is 0 Å². The Morgan fingerprint density at radius 1 is 1.56 bits per heavy atom. The fourth-order valence-corrected chi connectivity index (χ4v) is 0.567. The molecule has 1 atom stereocenters. The van der Waals surface area contributed by atoms with Crippen LogP contribution in [0.2, 0.25) is 0 Å². The molecule has 0 aliphatic heterocycles. The maximum Gasteiger partial charge on any atom is 0.156 e. The fourth-order valence-electron chi connectivity index (χ4n) is 0.567. The van der Waals surface area contributed by atoms with Crippen LogP contribution in [0, 0.1) is 6.92 Å². The fraction of sp³-hybridized carbons (Fsp3) is 0.857. The third kappa shape index (κ3) is 4.43. The SMILES string of the molecule is [CH2]CCOC(CC)OC. The minimum atomic E-state index is -0.0354. The van der Waals surface area contributed by atoms with Crippen LogP contribution in [0.4, 0.5) is 0 Å². The third-order valence-corrected chi connectivity index (χ3v) is 1.04. The summed E-state index contributed by atoms with van der Waals surface area (Å²) in [6, 6.07) is 0. The second-order valence-corrected chi connectivity index (χ2v) is 1.80. The van der Waals surface area contributed by atoms with Crippen LogP contribution in [0.1, 0.15) is 19.8 Å². The first kappa shape index (κ1) is 8.92. The molecule has 0 saturated heterocycles. The lowest BCUT2D eigenvalue weighted by Gasteiger charge is -2.12. The van der Waals surface area contributed by atoms with Gasteiger partial charge in [-0.2, -0.15) is 0 Å². The zero-order valence-electron chi connectivity index (χ0n) is 6.22. The summed E-state index contributed by atoms with van der Waals surface area (Å²) < 4.78 is 10.2. The summed E-state index contributed by atoms with van der Waals surface area (Å²) in [5.74, 6) is 0. The summed E-state index contributed by atoms with van der Waals surface area (Å²) in [6.45, 7) is 6.36. The average molecular weight is 131 g/mol. The second kappa shape index (κ2) is 6.05. The molecule has 0 aromatic carbocycles. The third-order valence-electron chi connectivity index (χ3n) is 1.04. The zero-order valence-corrected chi connectivity index (χ0v) is 6.22. The first-order chi connectivity index (χ1) is 4.35. The van der Waals surface area contributed by atoms with Crippen LogP contribution in [-0.4, -0.2) is 20.0 Å². The monoisotopic (exact) mass is 131 g/mol. The van der Waals surface area contributed by atoms with Gasteiger partial charge in [0.1, 0.15) is 0 Å². The molecule has 9 heavy (non-hydrogen) atoms. The molecule has 55 valence electrons. The Morgan fingerprint density at radius 2 is 2.22 bits per heavy atom. The van der Waals surface area contributed by atoms with Gasteiger partial charge in [-0.25, -0.2) is 0 Å². The van der Waals surface area contributed by atoms with E-state index in [9.17, 15) is 0 Å². The highest BCUT2D eigenvalue weighted by molar-refractivity contribution is 4.40. The van der Waals surface area contributed by atoms with Gasteiger partial charge in [0.2, 0.25) is 0 Å². The summed E-state index contributed by atoms with van der Waals surface area (Å²) in [5.41, 5.74) is 0. The van der Waals surface area contributed by atoms with Crippen LogP contribution in [0.25, 0.3) is 0 Å². The van der Waals surface area contributed by atoms with Gasteiger partial charge in [-0.1, -0.05) is 13.8 Å². The lowest BCUT2D eigenvalue weighted by Crippen LogP contribution is -2.14. The number of hydrogen-bond donors (Lipinski definition) is 0. The smallest absolute Gasteiger partial charge is 0.156 e. The average Bonchev–Trinajstić information content (AvgIpc) is 1.91. The highest BCUT2D eigenvalue weighted by Gasteiger charge is 2.00. The molecule has 0 rings (SSSR count). The second-order valence-electron chi connectivity index (χ2n) is 1.80. The Labute approximate surface area is 57.2 Å². The summed E-state index contributed by atoms with van der Waals surface area (Å²) >= 11 is 0. The molecule has 0 spiro atoms. The Balaban J connectivity index is 3.09. The maximum atomic E-state index is 5.20. The van der Waals surface area contributed by atoms with E-state index in [1.807, 2.05) is 6.92 Å². The van der Waals surface area contributed by atoms with E-state index < -0.39 is 0 Å². The molecule has 0 aromatic rings. The van der Waals surface area contributed by atoms with Gasteiger partial charge in [-0.3, -0.25) is 0 Å². The quantitative estimate of drug-likeness (QED) is 0.528. The maximum absolute atomic E-state index is 5.20. The predicted octanol–water partition coefficient (Wildman–Crippen LogP) is 1.61. The zero-order chi connectivity index (χ0) is 7.11. The molecule has 0 amide bonds. The van der Waals surface area contributed by atoms with Gasteiger partial charge in [0, 0.05) is 13.7 Å². The van der Waals surface area contributed by atoms with Crippen molar-refractivity contribution in [1.82, 2.24) is 0 Å². The molecule has 2 nitrogen and oxygen atoms in total. The molecular weight excluding hydrogens is 116 g/mol. The molecule has 0 saturated carbocycles. The van der Waals surface area contributed by atoms with Crippen molar-refractivity contribution in [2.75, 3.05) is 13.7 Å². The minimum absolute atomic E-state index is 0.0354. The van der Waals surface area contributed by atoms with Crippen molar-refractivity contribution in [3.8, 4) is 0 Å². The number of ether oxygens (including phenoxy) is 2. The van der Waals surface area contributed by atoms with E-state index in [-0.39, 0.29) is 6.29 Å². The van der Waals surface area contributed by atoms with E-state index in [0.717, 1.165) is 12.8 Å². The Kier molecular flexibility index (Phi) is 5.99. The van der Waals surface area contributed by atoms with Crippen LogP contribution in [-0.2, 0) is 9.47 Å². The number of hydrogen-bond acceptors (Lipinski definition) is 2. The van der Waals surface area contributed by atoms with E-state index >= 15 is 0 Å². The molecule has 0 aromatic heterocycles. The normalized spacial score (nSPS) is 13.7. The van der Waals surface area contributed by atoms with Crippen molar-refractivity contribution in [3.05, 3.63) is 6.92 Å². The molecule has 0 aliphatic rings.